The SMILES string of the molecule is O=C(c1ccc(C[C@@H]2CC[C@H]([C@H](O)COc3ccccc3)N2)cc1)N1CCC(n2nccn2)CC1. The minimum atomic E-state index is -0.548. The minimum Gasteiger partial charge on any atom is -0.491 e. The van der Waals surface area contributed by atoms with Crippen molar-refractivity contribution in [3.05, 3.63) is 78.1 Å². The molecule has 1 aromatic heterocycles. The summed E-state index contributed by atoms with van der Waals surface area (Å²) in [5.74, 6) is 0.860. The number of carbonyl (C=O) groups excluding carboxylic acids is 1. The molecule has 0 unspecified atom stereocenters. The first-order valence-electron chi connectivity index (χ1n) is 12.5. The first-order chi connectivity index (χ1) is 17.2. The Balaban J connectivity index is 1.07. The van der Waals surface area contributed by atoms with Gasteiger partial charge in [0.1, 0.15) is 18.5 Å². The van der Waals surface area contributed by atoms with E-state index in [-0.39, 0.29) is 24.6 Å². The Hall–Kier alpha value is -3.23. The predicted octanol–water partition coefficient (Wildman–Crippen LogP) is 2.86. The van der Waals surface area contributed by atoms with Crippen molar-refractivity contribution in [2.45, 2.75) is 56.3 Å². The highest BCUT2D eigenvalue weighted by Gasteiger charge is 2.30. The molecule has 0 radical (unpaired) electrons. The highest BCUT2D eigenvalue weighted by molar-refractivity contribution is 5.94. The number of piperidine rings is 1. The van der Waals surface area contributed by atoms with Crippen LogP contribution >= 0.6 is 0 Å². The molecule has 1 amide bonds. The van der Waals surface area contributed by atoms with Crippen molar-refractivity contribution >= 4 is 5.91 Å². The number of rotatable bonds is 8. The lowest BCUT2D eigenvalue weighted by Gasteiger charge is -2.31. The third kappa shape index (κ3) is 5.89. The summed E-state index contributed by atoms with van der Waals surface area (Å²) >= 11 is 0. The van der Waals surface area contributed by atoms with Crippen LogP contribution in [0.1, 0.15) is 47.6 Å². The van der Waals surface area contributed by atoms with Crippen molar-refractivity contribution in [3.8, 4) is 5.75 Å². The number of para-hydroxylation sites is 1. The highest BCUT2D eigenvalue weighted by atomic mass is 16.5. The van der Waals surface area contributed by atoms with Gasteiger partial charge in [-0.1, -0.05) is 30.3 Å². The number of hydrogen-bond donors (Lipinski definition) is 2. The summed E-state index contributed by atoms with van der Waals surface area (Å²) in [5.41, 5.74) is 1.92. The highest BCUT2D eigenvalue weighted by Crippen LogP contribution is 2.23. The second-order valence-corrected chi connectivity index (χ2v) is 9.51. The van der Waals surface area contributed by atoms with Crippen LogP contribution in [0, 0.1) is 0 Å². The molecule has 5 rings (SSSR count). The molecule has 184 valence electrons. The fourth-order valence-electron chi connectivity index (χ4n) is 5.09. The van der Waals surface area contributed by atoms with E-state index in [1.165, 1.54) is 5.56 Å². The number of ether oxygens (including phenoxy) is 1. The molecule has 8 nitrogen and oxygen atoms in total. The number of nitrogens with one attached hydrogen (secondary N) is 1. The Morgan fingerprint density at radius 1 is 1.00 bits per heavy atom. The number of hydrogen-bond acceptors (Lipinski definition) is 6. The molecule has 0 bridgehead atoms. The zero-order valence-corrected chi connectivity index (χ0v) is 19.9. The number of aliphatic hydroxyl groups is 1. The number of likely N-dealkylation sites (tertiary alicyclic amines) is 1. The van der Waals surface area contributed by atoms with Crippen LogP contribution in [-0.2, 0) is 6.42 Å². The normalized spacial score (nSPS) is 21.7. The first-order valence-corrected chi connectivity index (χ1v) is 12.5. The van der Waals surface area contributed by atoms with Gasteiger partial charge in [0.2, 0.25) is 0 Å². The smallest absolute Gasteiger partial charge is 0.253 e. The van der Waals surface area contributed by atoms with Gasteiger partial charge in [-0.25, -0.2) is 0 Å². The van der Waals surface area contributed by atoms with Crippen LogP contribution in [-0.4, -0.2) is 68.8 Å². The average Bonchev–Trinajstić information content (AvgIpc) is 3.61. The molecule has 2 N–H and O–H groups in total. The number of amides is 1. The number of aromatic nitrogens is 3. The molecular weight excluding hydrogens is 442 g/mol. The lowest BCUT2D eigenvalue weighted by molar-refractivity contribution is 0.0683. The molecule has 2 fully saturated rings. The van der Waals surface area contributed by atoms with Gasteiger partial charge >= 0.3 is 0 Å². The predicted molar refractivity (Wildman–Crippen MR) is 132 cm³/mol. The maximum Gasteiger partial charge on any atom is 0.253 e. The molecule has 0 saturated carbocycles. The summed E-state index contributed by atoms with van der Waals surface area (Å²) < 4.78 is 5.71. The first kappa shape index (κ1) is 23.5. The minimum absolute atomic E-state index is 0.0319. The quantitative estimate of drug-likeness (QED) is 0.521. The van der Waals surface area contributed by atoms with Gasteiger partial charge in [0.05, 0.1) is 18.4 Å². The van der Waals surface area contributed by atoms with Crippen LogP contribution < -0.4 is 10.1 Å². The lowest BCUT2D eigenvalue weighted by atomic mass is 10.0. The Morgan fingerprint density at radius 3 is 2.43 bits per heavy atom. The second kappa shape index (κ2) is 11.0. The molecule has 3 heterocycles. The van der Waals surface area contributed by atoms with Gasteiger partial charge in [-0.2, -0.15) is 15.0 Å². The molecule has 2 aliphatic rings. The maximum atomic E-state index is 13.0. The molecule has 2 aliphatic heterocycles. The summed E-state index contributed by atoms with van der Waals surface area (Å²) in [7, 11) is 0. The zero-order valence-electron chi connectivity index (χ0n) is 19.9. The van der Waals surface area contributed by atoms with Gasteiger partial charge < -0.3 is 20.1 Å². The average molecular weight is 476 g/mol. The topological polar surface area (TPSA) is 92.5 Å². The van der Waals surface area contributed by atoms with E-state index in [1.807, 2.05) is 47.4 Å². The largest absolute Gasteiger partial charge is 0.491 e. The summed E-state index contributed by atoms with van der Waals surface area (Å²) in [5, 5.41) is 22.6. The van der Waals surface area contributed by atoms with E-state index in [1.54, 1.807) is 17.2 Å². The number of aliphatic hydroxyl groups excluding tert-OH is 1. The number of carbonyl (C=O) groups is 1. The van der Waals surface area contributed by atoms with E-state index in [9.17, 15) is 9.90 Å². The van der Waals surface area contributed by atoms with E-state index in [4.69, 9.17) is 4.74 Å². The molecule has 8 heteroatoms. The Bertz CT molecular complexity index is 1070. The van der Waals surface area contributed by atoms with E-state index in [0.717, 1.165) is 56.5 Å². The molecule has 0 aliphatic carbocycles. The van der Waals surface area contributed by atoms with Crippen LogP contribution in [0.2, 0.25) is 0 Å². The molecule has 2 saturated heterocycles. The summed E-state index contributed by atoms with van der Waals surface area (Å²) in [6.07, 6.45) is 7.39. The van der Waals surface area contributed by atoms with Gasteiger partial charge in [0.25, 0.3) is 5.91 Å². The molecule has 3 atom stereocenters. The van der Waals surface area contributed by atoms with Crippen LogP contribution in [0.15, 0.2) is 67.0 Å². The molecule has 0 spiro atoms. The van der Waals surface area contributed by atoms with Crippen LogP contribution in [0.3, 0.4) is 0 Å². The fourth-order valence-corrected chi connectivity index (χ4v) is 5.09. The molecule has 35 heavy (non-hydrogen) atoms. The van der Waals surface area contributed by atoms with Gasteiger partial charge in [0.15, 0.2) is 0 Å². The second-order valence-electron chi connectivity index (χ2n) is 9.51. The summed E-state index contributed by atoms with van der Waals surface area (Å²) in [4.78, 5) is 16.7. The van der Waals surface area contributed by atoms with Crippen molar-refractivity contribution < 1.29 is 14.6 Å². The maximum absolute atomic E-state index is 13.0. The fraction of sp³-hybridized carbons (Fsp3) is 0.444. The molecule has 2 aromatic carbocycles. The van der Waals surface area contributed by atoms with Gasteiger partial charge in [-0.15, -0.1) is 0 Å². The van der Waals surface area contributed by atoms with E-state index < -0.39 is 6.10 Å². The Morgan fingerprint density at radius 2 is 1.71 bits per heavy atom. The van der Waals surface area contributed by atoms with E-state index in [0.29, 0.717) is 6.04 Å². The van der Waals surface area contributed by atoms with Crippen molar-refractivity contribution in [2.24, 2.45) is 0 Å². The van der Waals surface area contributed by atoms with E-state index >= 15 is 0 Å². The Labute approximate surface area is 205 Å². The van der Waals surface area contributed by atoms with Crippen molar-refractivity contribution in [1.29, 1.82) is 0 Å². The van der Waals surface area contributed by atoms with Gasteiger partial charge in [0, 0.05) is 30.7 Å². The third-order valence-corrected chi connectivity index (χ3v) is 7.10. The van der Waals surface area contributed by atoms with Crippen molar-refractivity contribution in [1.82, 2.24) is 25.2 Å². The third-order valence-electron chi connectivity index (χ3n) is 7.10. The van der Waals surface area contributed by atoms with Crippen LogP contribution in [0.5, 0.6) is 5.75 Å². The van der Waals surface area contributed by atoms with Crippen LogP contribution in [0.25, 0.3) is 0 Å². The van der Waals surface area contributed by atoms with Crippen molar-refractivity contribution in [3.63, 3.8) is 0 Å². The number of benzene rings is 2. The lowest BCUT2D eigenvalue weighted by Crippen LogP contribution is -2.42. The standard InChI is InChI=1S/C27H33N5O3/c33-26(19-35-24-4-2-1-3-5-24)25-11-10-22(30-25)18-20-6-8-21(9-7-20)27(34)31-16-12-23(13-17-31)32-28-14-15-29-32/h1-9,14-15,22-23,25-26,30,33H,10-13,16-19H2/t22-,25+,26+/m0/s1. The Kier molecular flexibility index (Phi) is 7.39. The van der Waals surface area contributed by atoms with Gasteiger partial charge in [-0.3, -0.25) is 4.79 Å². The molecular formula is C27H33N5O3. The van der Waals surface area contributed by atoms with Gasteiger partial charge in [-0.05, 0) is 61.9 Å². The summed E-state index contributed by atoms with van der Waals surface area (Å²) in [6, 6.07) is 18.2. The summed E-state index contributed by atoms with van der Waals surface area (Å²) in [6.45, 7) is 1.72. The number of nitrogens with zero attached hydrogens (tertiary/aromatic N) is 4. The van der Waals surface area contributed by atoms with Crippen LogP contribution in [0.4, 0.5) is 0 Å². The monoisotopic (exact) mass is 475 g/mol. The molecule has 3 aromatic rings. The van der Waals surface area contributed by atoms with Crippen molar-refractivity contribution in [2.75, 3.05) is 19.7 Å². The van der Waals surface area contributed by atoms with E-state index in [2.05, 4.69) is 27.6 Å². The zero-order chi connectivity index (χ0) is 24.0.